The Morgan fingerprint density at radius 1 is 1.30 bits per heavy atom. The molecule has 1 heterocycles. The molecule has 0 aromatic heterocycles. The minimum Gasteiger partial charge on any atom is -0.377 e. The Labute approximate surface area is 123 Å². The summed E-state index contributed by atoms with van der Waals surface area (Å²) in [5.41, 5.74) is 7.31. The zero-order valence-corrected chi connectivity index (χ0v) is 13.0. The van der Waals surface area contributed by atoms with E-state index in [0.29, 0.717) is 5.96 Å². The predicted molar refractivity (Wildman–Crippen MR) is 86.0 cm³/mol. The summed E-state index contributed by atoms with van der Waals surface area (Å²) in [4.78, 5) is 4.36. The summed E-state index contributed by atoms with van der Waals surface area (Å²) < 4.78 is 5.28. The van der Waals surface area contributed by atoms with Crippen LogP contribution in [0.3, 0.4) is 0 Å². The zero-order valence-electron chi connectivity index (χ0n) is 13.0. The summed E-state index contributed by atoms with van der Waals surface area (Å²) in [5, 5.41) is 3.19. The van der Waals surface area contributed by atoms with Crippen LogP contribution < -0.4 is 11.1 Å². The summed E-state index contributed by atoms with van der Waals surface area (Å²) in [6.45, 7) is 5.58. The van der Waals surface area contributed by atoms with Crippen molar-refractivity contribution in [3.05, 3.63) is 11.6 Å². The molecule has 0 radical (unpaired) electrons. The van der Waals surface area contributed by atoms with Crippen molar-refractivity contribution >= 4 is 5.96 Å². The van der Waals surface area contributed by atoms with Gasteiger partial charge in [0.25, 0.3) is 0 Å². The van der Waals surface area contributed by atoms with E-state index in [1.165, 1.54) is 37.7 Å². The van der Waals surface area contributed by atoms with Gasteiger partial charge in [0.05, 0.1) is 13.2 Å². The Morgan fingerprint density at radius 3 is 2.85 bits per heavy atom. The molecular weight excluding hydrogens is 250 g/mol. The Bertz CT molecular complexity index is 300. The summed E-state index contributed by atoms with van der Waals surface area (Å²) in [7, 11) is 0. The molecule has 1 aliphatic rings. The lowest BCUT2D eigenvalue weighted by Gasteiger charge is -2.13. The number of nitrogens with two attached hydrogens (primary N) is 1. The minimum atomic E-state index is 0.589. The van der Waals surface area contributed by atoms with Crippen molar-refractivity contribution in [2.45, 2.75) is 58.3 Å². The molecule has 0 aromatic carbocycles. The van der Waals surface area contributed by atoms with Gasteiger partial charge in [-0.05, 0) is 19.3 Å². The van der Waals surface area contributed by atoms with Crippen LogP contribution in [0.5, 0.6) is 0 Å². The number of guanidine groups is 1. The van der Waals surface area contributed by atoms with E-state index < -0.39 is 0 Å². The molecule has 0 amide bonds. The monoisotopic (exact) mass is 281 g/mol. The first-order valence-electron chi connectivity index (χ1n) is 8.12. The third kappa shape index (κ3) is 8.97. The lowest BCUT2D eigenvalue weighted by Crippen LogP contribution is -2.32. The zero-order chi connectivity index (χ0) is 14.5. The molecule has 0 bridgehead atoms. The first-order chi connectivity index (χ1) is 9.83. The smallest absolute Gasteiger partial charge is 0.188 e. The molecule has 3 N–H and O–H groups in total. The first kappa shape index (κ1) is 17.0. The third-order valence-corrected chi connectivity index (χ3v) is 3.60. The topological polar surface area (TPSA) is 59.6 Å². The highest BCUT2D eigenvalue weighted by molar-refractivity contribution is 5.77. The van der Waals surface area contributed by atoms with Gasteiger partial charge in [-0.1, -0.05) is 50.7 Å². The highest BCUT2D eigenvalue weighted by Gasteiger charge is 2.03. The molecule has 0 unspecified atom stereocenters. The highest BCUT2D eigenvalue weighted by Crippen LogP contribution is 2.10. The van der Waals surface area contributed by atoms with E-state index in [0.717, 1.165) is 45.6 Å². The molecule has 4 nitrogen and oxygen atoms in total. The minimum absolute atomic E-state index is 0.589. The van der Waals surface area contributed by atoms with Gasteiger partial charge in [0, 0.05) is 13.1 Å². The Hall–Kier alpha value is -1.03. The maximum absolute atomic E-state index is 5.85. The van der Waals surface area contributed by atoms with Gasteiger partial charge in [-0.3, -0.25) is 4.99 Å². The van der Waals surface area contributed by atoms with Crippen LogP contribution in [0, 0.1) is 0 Å². The van der Waals surface area contributed by atoms with Crippen molar-refractivity contribution in [1.82, 2.24) is 5.32 Å². The van der Waals surface area contributed by atoms with Gasteiger partial charge in [0.15, 0.2) is 5.96 Å². The standard InChI is InChI=1S/C16H31N3O/c1-2-3-4-5-6-7-11-18-16(17)19-12-8-15-9-13-20-14-10-15/h9H,2-8,10-14H2,1H3,(H3,17,18,19). The second-order valence-electron chi connectivity index (χ2n) is 5.40. The molecular formula is C16H31N3O. The number of hydrogen-bond donors (Lipinski definition) is 2. The van der Waals surface area contributed by atoms with Crippen LogP contribution in [-0.2, 0) is 4.74 Å². The molecule has 116 valence electrons. The lowest BCUT2D eigenvalue weighted by molar-refractivity contribution is 0.153. The lowest BCUT2D eigenvalue weighted by atomic mass is 10.1. The largest absolute Gasteiger partial charge is 0.377 e. The van der Waals surface area contributed by atoms with E-state index in [1.54, 1.807) is 0 Å². The molecule has 0 atom stereocenters. The Kier molecular flexibility index (Phi) is 10.0. The maximum Gasteiger partial charge on any atom is 0.188 e. The second kappa shape index (κ2) is 11.8. The van der Waals surface area contributed by atoms with Crippen molar-refractivity contribution < 1.29 is 4.74 Å². The van der Waals surface area contributed by atoms with E-state index in [4.69, 9.17) is 10.5 Å². The quantitative estimate of drug-likeness (QED) is 0.280. The van der Waals surface area contributed by atoms with Crippen LogP contribution in [-0.4, -0.2) is 32.3 Å². The van der Waals surface area contributed by atoms with E-state index in [1.807, 2.05) is 0 Å². The van der Waals surface area contributed by atoms with Gasteiger partial charge in [-0.2, -0.15) is 0 Å². The van der Waals surface area contributed by atoms with Gasteiger partial charge < -0.3 is 15.8 Å². The van der Waals surface area contributed by atoms with Crippen LogP contribution in [0.2, 0.25) is 0 Å². The summed E-state index contributed by atoms with van der Waals surface area (Å²) >= 11 is 0. The van der Waals surface area contributed by atoms with Crippen molar-refractivity contribution in [3.63, 3.8) is 0 Å². The van der Waals surface area contributed by atoms with Gasteiger partial charge in [0.1, 0.15) is 0 Å². The van der Waals surface area contributed by atoms with Crippen molar-refractivity contribution in [3.8, 4) is 0 Å². The number of unbranched alkanes of at least 4 members (excludes halogenated alkanes) is 5. The summed E-state index contributed by atoms with van der Waals surface area (Å²) in [5.74, 6) is 0.589. The number of nitrogens with zero attached hydrogens (tertiary/aromatic N) is 1. The Morgan fingerprint density at radius 2 is 2.10 bits per heavy atom. The van der Waals surface area contributed by atoms with E-state index in [2.05, 4.69) is 23.3 Å². The molecule has 0 fully saturated rings. The van der Waals surface area contributed by atoms with Crippen molar-refractivity contribution in [1.29, 1.82) is 0 Å². The number of hydrogen-bond acceptors (Lipinski definition) is 2. The molecule has 0 spiro atoms. The van der Waals surface area contributed by atoms with Crippen LogP contribution >= 0.6 is 0 Å². The van der Waals surface area contributed by atoms with Gasteiger partial charge >= 0.3 is 0 Å². The van der Waals surface area contributed by atoms with E-state index in [-0.39, 0.29) is 0 Å². The fourth-order valence-electron chi connectivity index (χ4n) is 2.29. The molecule has 20 heavy (non-hydrogen) atoms. The average Bonchev–Trinajstić information content (AvgIpc) is 2.47. The van der Waals surface area contributed by atoms with Gasteiger partial charge in [-0.25, -0.2) is 0 Å². The number of rotatable bonds is 10. The molecule has 0 saturated carbocycles. The molecule has 0 aromatic rings. The molecule has 1 aliphatic heterocycles. The van der Waals surface area contributed by atoms with Crippen LogP contribution in [0.4, 0.5) is 0 Å². The fourth-order valence-corrected chi connectivity index (χ4v) is 2.29. The predicted octanol–water partition coefficient (Wildman–Crippen LogP) is 2.99. The number of ether oxygens (including phenoxy) is 1. The number of nitrogens with one attached hydrogen (secondary N) is 1. The van der Waals surface area contributed by atoms with Crippen LogP contribution in [0.25, 0.3) is 0 Å². The molecule has 0 aliphatic carbocycles. The summed E-state index contributed by atoms with van der Waals surface area (Å²) in [6.07, 6.45) is 12.0. The van der Waals surface area contributed by atoms with Crippen LogP contribution in [0.15, 0.2) is 16.6 Å². The SMILES string of the molecule is CCCCCCCCN=C(N)NCCC1=CCOCC1. The first-order valence-corrected chi connectivity index (χ1v) is 8.12. The van der Waals surface area contributed by atoms with E-state index in [9.17, 15) is 0 Å². The van der Waals surface area contributed by atoms with E-state index >= 15 is 0 Å². The Balaban J connectivity index is 1.96. The third-order valence-electron chi connectivity index (χ3n) is 3.60. The second-order valence-corrected chi connectivity index (χ2v) is 5.40. The molecule has 4 heteroatoms. The number of aliphatic imine (C=N–C) groups is 1. The van der Waals surface area contributed by atoms with Crippen LogP contribution in [0.1, 0.15) is 58.3 Å². The average molecular weight is 281 g/mol. The molecule has 1 rings (SSSR count). The van der Waals surface area contributed by atoms with Gasteiger partial charge in [-0.15, -0.1) is 0 Å². The maximum atomic E-state index is 5.85. The van der Waals surface area contributed by atoms with Crippen molar-refractivity contribution in [2.24, 2.45) is 10.7 Å². The fraction of sp³-hybridized carbons (Fsp3) is 0.812. The summed E-state index contributed by atoms with van der Waals surface area (Å²) in [6, 6.07) is 0. The van der Waals surface area contributed by atoms with Gasteiger partial charge in [0.2, 0.25) is 0 Å². The van der Waals surface area contributed by atoms with Crippen molar-refractivity contribution in [2.75, 3.05) is 26.3 Å². The molecule has 0 saturated heterocycles. The normalized spacial score (nSPS) is 16.1. The highest BCUT2D eigenvalue weighted by atomic mass is 16.5.